The lowest BCUT2D eigenvalue weighted by atomic mass is 10.0. The van der Waals surface area contributed by atoms with E-state index in [1.54, 1.807) is 12.1 Å². The fourth-order valence-corrected chi connectivity index (χ4v) is 3.31. The topological polar surface area (TPSA) is 60.2 Å². The Morgan fingerprint density at radius 2 is 1.75 bits per heavy atom. The van der Waals surface area contributed by atoms with Gasteiger partial charge >= 0.3 is 0 Å². The van der Waals surface area contributed by atoms with Crippen molar-refractivity contribution in [2.75, 3.05) is 0 Å². The van der Waals surface area contributed by atoms with E-state index in [4.69, 9.17) is 5.73 Å². The summed E-state index contributed by atoms with van der Waals surface area (Å²) in [7, 11) is 0. The Bertz CT molecular complexity index is 803. The molecule has 1 amide bonds. The second-order valence-corrected chi connectivity index (χ2v) is 5.46. The Labute approximate surface area is 119 Å². The van der Waals surface area contributed by atoms with Crippen LogP contribution in [0, 0.1) is 0 Å². The first-order valence-corrected chi connectivity index (χ1v) is 6.89. The molecule has 0 aliphatic rings. The van der Waals surface area contributed by atoms with Gasteiger partial charge < -0.3 is 5.73 Å². The number of primary amides is 1. The molecule has 3 rings (SSSR count). The zero-order chi connectivity index (χ0) is 14.1. The number of amides is 1. The molecule has 0 bridgehead atoms. The predicted octanol–water partition coefficient (Wildman–Crippen LogP) is 3.48. The summed E-state index contributed by atoms with van der Waals surface area (Å²) in [6.07, 6.45) is 0.796. The second kappa shape index (κ2) is 4.90. The smallest absolute Gasteiger partial charge is 0.259 e. The van der Waals surface area contributed by atoms with Crippen LogP contribution in [0.4, 0.5) is 0 Å². The molecule has 0 fully saturated rings. The van der Waals surface area contributed by atoms with Crippen molar-refractivity contribution in [1.82, 2.24) is 0 Å². The van der Waals surface area contributed by atoms with Gasteiger partial charge in [-0.25, -0.2) is 0 Å². The maximum Gasteiger partial charge on any atom is 0.259 e. The first-order chi connectivity index (χ1) is 9.70. The minimum Gasteiger partial charge on any atom is -0.365 e. The van der Waals surface area contributed by atoms with E-state index in [9.17, 15) is 9.59 Å². The molecule has 20 heavy (non-hydrogen) atoms. The second-order valence-electron chi connectivity index (χ2n) is 4.41. The molecule has 2 aromatic carbocycles. The molecule has 0 radical (unpaired) electrons. The van der Waals surface area contributed by atoms with Crippen LogP contribution < -0.4 is 5.73 Å². The zero-order valence-electron chi connectivity index (χ0n) is 10.5. The number of carbonyl (C=O) groups is 2. The van der Waals surface area contributed by atoms with Crippen LogP contribution in [0.1, 0.15) is 20.0 Å². The third-order valence-corrected chi connectivity index (χ3v) is 4.34. The van der Waals surface area contributed by atoms with Gasteiger partial charge in [0.1, 0.15) is 11.2 Å². The lowest BCUT2D eigenvalue weighted by Crippen LogP contribution is -2.09. The summed E-state index contributed by atoms with van der Waals surface area (Å²) in [5, 5.41) is 1.00. The normalized spacial score (nSPS) is 10.6. The van der Waals surface area contributed by atoms with Crippen molar-refractivity contribution in [3.8, 4) is 11.1 Å². The van der Waals surface area contributed by atoms with Crippen LogP contribution in [0.25, 0.3) is 21.2 Å². The van der Waals surface area contributed by atoms with Gasteiger partial charge in [-0.1, -0.05) is 42.5 Å². The molecule has 3 nitrogen and oxygen atoms in total. The van der Waals surface area contributed by atoms with Crippen LogP contribution in [0.3, 0.4) is 0 Å². The molecule has 98 valence electrons. The minimum absolute atomic E-state index is 0.430. The summed E-state index contributed by atoms with van der Waals surface area (Å²) in [5.74, 6) is -0.430. The number of hydrogen-bond donors (Lipinski definition) is 1. The fourth-order valence-electron chi connectivity index (χ4n) is 2.23. The summed E-state index contributed by atoms with van der Waals surface area (Å²) < 4.78 is 1.02. The van der Waals surface area contributed by atoms with E-state index in [2.05, 4.69) is 0 Å². The van der Waals surface area contributed by atoms with Crippen molar-refractivity contribution in [2.45, 2.75) is 0 Å². The van der Waals surface area contributed by atoms with Gasteiger partial charge in [0.25, 0.3) is 5.91 Å². The number of aldehydes is 1. The molecular formula is C16H11NO2S. The molecule has 1 heterocycles. The van der Waals surface area contributed by atoms with Crippen molar-refractivity contribution in [3.05, 3.63) is 59.0 Å². The third-order valence-electron chi connectivity index (χ3n) is 3.15. The Kier molecular flexibility index (Phi) is 3.08. The quantitative estimate of drug-likeness (QED) is 0.747. The van der Waals surface area contributed by atoms with E-state index in [-0.39, 0.29) is 0 Å². The molecule has 0 spiro atoms. The molecule has 0 atom stereocenters. The summed E-state index contributed by atoms with van der Waals surface area (Å²) in [6, 6.07) is 15.0. The summed E-state index contributed by atoms with van der Waals surface area (Å²) in [5.41, 5.74) is 7.83. The summed E-state index contributed by atoms with van der Waals surface area (Å²) >= 11 is 1.39. The van der Waals surface area contributed by atoms with Gasteiger partial charge in [0.2, 0.25) is 0 Å². The van der Waals surface area contributed by atoms with Crippen LogP contribution in [-0.4, -0.2) is 12.2 Å². The zero-order valence-corrected chi connectivity index (χ0v) is 11.3. The van der Waals surface area contributed by atoms with E-state index < -0.39 is 5.91 Å². The van der Waals surface area contributed by atoms with Crippen LogP contribution in [-0.2, 0) is 0 Å². The molecule has 0 aliphatic heterocycles. The van der Waals surface area contributed by atoms with Crippen LogP contribution in [0.5, 0.6) is 0 Å². The van der Waals surface area contributed by atoms with Gasteiger partial charge in [0, 0.05) is 21.2 Å². The lowest BCUT2D eigenvalue weighted by molar-refractivity contribution is 0.100. The van der Waals surface area contributed by atoms with E-state index >= 15 is 0 Å². The number of carbonyl (C=O) groups excluding carboxylic acids is 2. The van der Waals surface area contributed by atoms with Gasteiger partial charge in [-0.3, -0.25) is 9.59 Å². The third kappa shape index (κ3) is 2.00. The number of benzene rings is 2. The molecule has 0 unspecified atom stereocenters. The maximum absolute atomic E-state index is 11.7. The molecular weight excluding hydrogens is 270 g/mol. The average molecular weight is 281 g/mol. The summed E-state index contributed by atoms with van der Waals surface area (Å²) in [6.45, 7) is 0. The first-order valence-electron chi connectivity index (χ1n) is 6.07. The Morgan fingerprint density at radius 3 is 2.40 bits per heavy atom. The molecule has 0 saturated carbocycles. The Morgan fingerprint density at radius 1 is 1.05 bits per heavy atom. The van der Waals surface area contributed by atoms with Crippen molar-refractivity contribution in [2.24, 2.45) is 5.73 Å². The highest BCUT2D eigenvalue weighted by Gasteiger charge is 2.17. The van der Waals surface area contributed by atoms with Gasteiger partial charge in [-0.05, 0) is 11.6 Å². The van der Waals surface area contributed by atoms with Crippen molar-refractivity contribution in [3.63, 3.8) is 0 Å². The number of hydrogen-bond acceptors (Lipinski definition) is 3. The lowest BCUT2D eigenvalue weighted by Gasteiger charge is -2.03. The largest absolute Gasteiger partial charge is 0.365 e. The van der Waals surface area contributed by atoms with Crippen molar-refractivity contribution >= 4 is 33.6 Å². The number of rotatable bonds is 3. The van der Waals surface area contributed by atoms with Gasteiger partial charge in [-0.2, -0.15) is 0 Å². The van der Waals surface area contributed by atoms with Crippen LogP contribution >= 0.6 is 11.3 Å². The van der Waals surface area contributed by atoms with Gasteiger partial charge in [0.15, 0.2) is 0 Å². The molecule has 0 aliphatic carbocycles. The molecule has 3 aromatic rings. The highest BCUT2D eigenvalue weighted by Crippen LogP contribution is 2.38. The van der Waals surface area contributed by atoms with Crippen LogP contribution in [0.2, 0.25) is 0 Å². The number of nitrogens with two attached hydrogens (primary N) is 1. The van der Waals surface area contributed by atoms with E-state index in [0.717, 1.165) is 27.5 Å². The van der Waals surface area contributed by atoms with Crippen LogP contribution in [0.15, 0.2) is 48.5 Å². The Hall–Kier alpha value is -2.46. The molecule has 1 aromatic heterocycles. The highest BCUT2D eigenvalue weighted by atomic mass is 32.1. The predicted molar refractivity (Wildman–Crippen MR) is 81.2 cm³/mol. The Balaban J connectivity index is 2.29. The highest BCUT2D eigenvalue weighted by molar-refractivity contribution is 7.21. The monoisotopic (exact) mass is 281 g/mol. The maximum atomic E-state index is 11.7. The van der Waals surface area contributed by atoms with Crippen molar-refractivity contribution < 1.29 is 9.59 Å². The minimum atomic E-state index is -0.430. The van der Waals surface area contributed by atoms with Crippen molar-refractivity contribution in [1.29, 1.82) is 0 Å². The molecule has 2 N–H and O–H groups in total. The van der Waals surface area contributed by atoms with Gasteiger partial charge in [-0.15, -0.1) is 11.3 Å². The standard InChI is InChI=1S/C16H11NO2S/c17-16(19)15-14(11-7-5-10(9-18)6-8-11)12-3-1-2-4-13(12)20-15/h1-9H,(H2,17,19). The number of fused-ring (bicyclic) bond motifs is 1. The number of thiophene rings is 1. The summed E-state index contributed by atoms with van der Waals surface area (Å²) in [4.78, 5) is 22.9. The fraction of sp³-hybridized carbons (Fsp3) is 0. The van der Waals surface area contributed by atoms with E-state index in [1.165, 1.54) is 11.3 Å². The average Bonchev–Trinajstić information content (AvgIpc) is 2.87. The molecule has 4 heteroatoms. The molecule has 0 saturated heterocycles. The van der Waals surface area contributed by atoms with E-state index in [1.807, 2.05) is 36.4 Å². The van der Waals surface area contributed by atoms with E-state index in [0.29, 0.717) is 10.4 Å². The SMILES string of the molecule is NC(=O)c1sc2ccccc2c1-c1ccc(C=O)cc1. The first kappa shape index (κ1) is 12.6. The van der Waals surface area contributed by atoms with Gasteiger partial charge in [0.05, 0.1) is 0 Å².